The number of ether oxygens (including phenoxy) is 1. The predicted molar refractivity (Wildman–Crippen MR) is 77.4 cm³/mol. The topological polar surface area (TPSA) is 44.7 Å². The highest BCUT2D eigenvalue weighted by Crippen LogP contribution is 2.25. The third-order valence-corrected chi connectivity index (χ3v) is 3.51. The molecular formula is C15H23FN2O2. The van der Waals surface area contributed by atoms with E-state index in [4.69, 9.17) is 4.74 Å². The first kappa shape index (κ1) is 15.2. The molecule has 4 nitrogen and oxygen atoms in total. The minimum Gasteiger partial charge on any atom is -0.394 e. The smallest absolute Gasteiger partial charge is 0.129 e. The summed E-state index contributed by atoms with van der Waals surface area (Å²) in [5.74, 6) is -0.182. The van der Waals surface area contributed by atoms with Crippen LogP contribution in [0.2, 0.25) is 0 Å². The Morgan fingerprint density at radius 2 is 2.35 bits per heavy atom. The van der Waals surface area contributed by atoms with Crippen LogP contribution in [0.25, 0.3) is 0 Å². The zero-order valence-electron chi connectivity index (χ0n) is 11.9. The summed E-state index contributed by atoms with van der Waals surface area (Å²) in [4.78, 5) is 2.09. The zero-order valence-corrected chi connectivity index (χ0v) is 11.9. The summed E-state index contributed by atoms with van der Waals surface area (Å²) >= 11 is 0. The van der Waals surface area contributed by atoms with Crippen LogP contribution in [-0.4, -0.2) is 44.1 Å². The summed E-state index contributed by atoms with van der Waals surface area (Å²) in [6.45, 7) is 5.36. The Bertz CT molecular complexity index is 428. The molecule has 20 heavy (non-hydrogen) atoms. The summed E-state index contributed by atoms with van der Waals surface area (Å²) in [5.41, 5.74) is 1.59. The lowest BCUT2D eigenvalue weighted by molar-refractivity contribution is 0.00351. The summed E-state index contributed by atoms with van der Waals surface area (Å²) in [6, 6.07) is 5.17. The largest absolute Gasteiger partial charge is 0.394 e. The standard InChI is InChI=1S/C15H23FN2O2/c1-2-6-17-9-13-14(16)4-3-5-15(13)18-7-8-20-12(10-18)11-19/h3-5,12,17,19H,2,6-11H2,1H3. The summed E-state index contributed by atoms with van der Waals surface area (Å²) < 4.78 is 19.5. The van der Waals surface area contributed by atoms with Gasteiger partial charge in [-0.05, 0) is 25.1 Å². The monoisotopic (exact) mass is 282 g/mol. The van der Waals surface area contributed by atoms with Gasteiger partial charge in [0.15, 0.2) is 0 Å². The Balaban J connectivity index is 2.15. The molecule has 0 saturated carbocycles. The zero-order chi connectivity index (χ0) is 14.4. The van der Waals surface area contributed by atoms with Crippen molar-refractivity contribution in [1.29, 1.82) is 0 Å². The van der Waals surface area contributed by atoms with Gasteiger partial charge in [0, 0.05) is 30.9 Å². The number of rotatable bonds is 6. The van der Waals surface area contributed by atoms with Gasteiger partial charge >= 0.3 is 0 Å². The second-order valence-corrected chi connectivity index (χ2v) is 5.04. The van der Waals surface area contributed by atoms with Gasteiger partial charge in [-0.15, -0.1) is 0 Å². The molecule has 0 amide bonds. The van der Waals surface area contributed by atoms with Gasteiger partial charge in [0.1, 0.15) is 5.82 Å². The molecule has 5 heteroatoms. The van der Waals surface area contributed by atoms with Crippen molar-refractivity contribution >= 4 is 5.69 Å². The van der Waals surface area contributed by atoms with Gasteiger partial charge in [-0.1, -0.05) is 13.0 Å². The third-order valence-electron chi connectivity index (χ3n) is 3.51. The van der Waals surface area contributed by atoms with Crippen LogP contribution in [0.3, 0.4) is 0 Å². The molecule has 1 atom stereocenters. The van der Waals surface area contributed by atoms with E-state index >= 15 is 0 Å². The van der Waals surface area contributed by atoms with Crippen molar-refractivity contribution in [2.45, 2.75) is 26.0 Å². The Kier molecular flexibility index (Phi) is 5.76. The molecule has 1 unspecified atom stereocenters. The van der Waals surface area contributed by atoms with Gasteiger partial charge in [0.2, 0.25) is 0 Å². The third kappa shape index (κ3) is 3.69. The van der Waals surface area contributed by atoms with Crippen LogP contribution < -0.4 is 10.2 Å². The van der Waals surface area contributed by atoms with E-state index in [9.17, 15) is 9.50 Å². The fourth-order valence-electron chi connectivity index (χ4n) is 2.46. The predicted octanol–water partition coefficient (Wildman–Crippen LogP) is 1.52. The highest BCUT2D eigenvalue weighted by molar-refractivity contribution is 5.54. The molecule has 1 aromatic carbocycles. The van der Waals surface area contributed by atoms with E-state index in [1.165, 1.54) is 6.07 Å². The van der Waals surface area contributed by atoms with E-state index in [2.05, 4.69) is 17.1 Å². The number of morpholine rings is 1. The number of hydrogen-bond donors (Lipinski definition) is 2. The van der Waals surface area contributed by atoms with E-state index < -0.39 is 0 Å². The molecule has 112 valence electrons. The van der Waals surface area contributed by atoms with Gasteiger partial charge < -0.3 is 20.1 Å². The molecule has 0 aliphatic carbocycles. The van der Waals surface area contributed by atoms with Crippen molar-refractivity contribution in [3.05, 3.63) is 29.6 Å². The number of aliphatic hydroxyl groups is 1. The fourth-order valence-corrected chi connectivity index (χ4v) is 2.46. The van der Waals surface area contributed by atoms with Crippen LogP contribution in [-0.2, 0) is 11.3 Å². The SMILES string of the molecule is CCCNCc1c(F)cccc1N1CCOC(CO)C1. The molecule has 1 saturated heterocycles. The maximum atomic E-state index is 14.1. The molecule has 2 N–H and O–H groups in total. The first-order chi connectivity index (χ1) is 9.76. The Morgan fingerprint density at radius 3 is 3.10 bits per heavy atom. The molecule has 1 fully saturated rings. The van der Waals surface area contributed by atoms with Crippen molar-refractivity contribution in [2.24, 2.45) is 0 Å². The van der Waals surface area contributed by atoms with E-state index in [-0.39, 0.29) is 18.5 Å². The number of hydrogen-bond acceptors (Lipinski definition) is 4. The number of halogens is 1. The van der Waals surface area contributed by atoms with Crippen LogP contribution in [0.1, 0.15) is 18.9 Å². The minimum absolute atomic E-state index is 0.00473. The van der Waals surface area contributed by atoms with Crippen molar-refractivity contribution in [1.82, 2.24) is 5.32 Å². The number of anilines is 1. The molecular weight excluding hydrogens is 259 g/mol. The second kappa shape index (κ2) is 7.57. The molecule has 0 aromatic heterocycles. The van der Waals surface area contributed by atoms with Crippen molar-refractivity contribution in [3.8, 4) is 0 Å². The molecule has 1 heterocycles. The number of aliphatic hydroxyl groups excluding tert-OH is 1. The fraction of sp³-hybridized carbons (Fsp3) is 0.600. The lowest BCUT2D eigenvalue weighted by Gasteiger charge is -2.35. The van der Waals surface area contributed by atoms with E-state index in [1.54, 1.807) is 6.07 Å². The first-order valence-electron chi connectivity index (χ1n) is 7.21. The molecule has 2 rings (SSSR count). The summed E-state index contributed by atoms with van der Waals surface area (Å²) in [5, 5.41) is 12.5. The average molecular weight is 282 g/mol. The first-order valence-corrected chi connectivity index (χ1v) is 7.21. The van der Waals surface area contributed by atoms with E-state index in [1.807, 2.05) is 6.07 Å². The molecule has 1 aliphatic rings. The molecule has 1 aromatic rings. The lowest BCUT2D eigenvalue weighted by atomic mass is 10.1. The van der Waals surface area contributed by atoms with Crippen LogP contribution in [0.5, 0.6) is 0 Å². The maximum absolute atomic E-state index is 14.1. The molecule has 0 bridgehead atoms. The highest BCUT2D eigenvalue weighted by atomic mass is 19.1. The number of nitrogens with one attached hydrogen (secondary N) is 1. The van der Waals surface area contributed by atoms with Crippen molar-refractivity contribution in [2.75, 3.05) is 37.7 Å². The van der Waals surface area contributed by atoms with Gasteiger partial charge in [-0.3, -0.25) is 0 Å². The van der Waals surface area contributed by atoms with Crippen LogP contribution in [0.4, 0.5) is 10.1 Å². The maximum Gasteiger partial charge on any atom is 0.129 e. The van der Waals surface area contributed by atoms with Gasteiger partial charge in [0.25, 0.3) is 0 Å². The average Bonchev–Trinajstić information content (AvgIpc) is 2.49. The highest BCUT2D eigenvalue weighted by Gasteiger charge is 2.22. The molecule has 0 spiro atoms. The lowest BCUT2D eigenvalue weighted by Crippen LogP contribution is -2.44. The Hall–Kier alpha value is -1.17. The summed E-state index contributed by atoms with van der Waals surface area (Å²) in [7, 11) is 0. The van der Waals surface area contributed by atoms with E-state index in [0.29, 0.717) is 25.3 Å². The van der Waals surface area contributed by atoms with Crippen LogP contribution in [0, 0.1) is 5.82 Å². The van der Waals surface area contributed by atoms with Gasteiger partial charge in [-0.2, -0.15) is 0 Å². The second-order valence-electron chi connectivity index (χ2n) is 5.04. The van der Waals surface area contributed by atoms with Crippen LogP contribution >= 0.6 is 0 Å². The van der Waals surface area contributed by atoms with Gasteiger partial charge in [-0.25, -0.2) is 4.39 Å². The number of benzene rings is 1. The van der Waals surface area contributed by atoms with Crippen molar-refractivity contribution in [3.63, 3.8) is 0 Å². The van der Waals surface area contributed by atoms with Gasteiger partial charge in [0.05, 0.1) is 19.3 Å². The normalized spacial score (nSPS) is 19.4. The Morgan fingerprint density at radius 1 is 1.50 bits per heavy atom. The molecule has 0 radical (unpaired) electrons. The summed E-state index contributed by atoms with van der Waals surface area (Å²) in [6.07, 6.45) is 0.831. The quantitative estimate of drug-likeness (QED) is 0.777. The minimum atomic E-state index is -0.191. The van der Waals surface area contributed by atoms with Crippen LogP contribution in [0.15, 0.2) is 18.2 Å². The molecule has 1 aliphatic heterocycles. The van der Waals surface area contributed by atoms with Crippen molar-refractivity contribution < 1.29 is 14.2 Å². The number of nitrogens with zero attached hydrogens (tertiary/aromatic N) is 1. The van der Waals surface area contributed by atoms with E-state index in [0.717, 1.165) is 25.2 Å². The Labute approximate surface area is 119 Å².